The molecule has 38 heavy (non-hydrogen) atoms. The molecule has 1 aromatic carbocycles. The van der Waals surface area contributed by atoms with Crippen LogP contribution in [0.5, 0.6) is 0 Å². The van der Waals surface area contributed by atoms with E-state index in [2.05, 4.69) is 45.0 Å². The van der Waals surface area contributed by atoms with E-state index in [-0.39, 0.29) is 23.3 Å². The molecule has 8 heteroatoms. The normalized spacial score (nSPS) is 24.3. The van der Waals surface area contributed by atoms with Crippen molar-refractivity contribution < 1.29 is 9.18 Å². The summed E-state index contributed by atoms with van der Waals surface area (Å²) in [5.74, 6) is 0.445. The van der Waals surface area contributed by atoms with Gasteiger partial charge in [0.25, 0.3) is 5.91 Å². The summed E-state index contributed by atoms with van der Waals surface area (Å²) in [4.78, 5) is 29.1. The summed E-state index contributed by atoms with van der Waals surface area (Å²) in [6.07, 6.45) is 5.69. The van der Waals surface area contributed by atoms with E-state index >= 15 is 0 Å². The van der Waals surface area contributed by atoms with E-state index in [9.17, 15) is 9.18 Å². The quantitative estimate of drug-likeness (QED) is 0.641. The summed E-state index contributed by atoms with van der Waals surface area (Å²) < 4.78 is 14.3. The molecule has 1 aromatic heterocycles. The van der Waals surface area contributed by atoms with Gasteiger partial charge in [-0.2, -0.15) is 0 Å². The van der Waals surface area contributed by atoms with Gasteiger partial charge in [-0.1, -0.05) is 12.1 Å². The molecule has 2 aromatic rings. The second kappa shape index (κ2) is 11.4. The lowest BCUT2D eigenvalue weighted by Gasteiger charge is -2.54. The molecule has 3 fully saturated rings. The van der Waals surface area contributed by atoms with Gasteiger partial charge >= 0.3 is 0 Å². The first-order valence-corrected chi connectivity index (χ1v) is 14.3. The molecule has 0 aliphatic carbocycles. The lowest BCUT2D eigenvalue weighted by molar-refractivity contribution is -0.0409. The Morgan fingerprint density at radius 2 is 1.76 bits per heavy atom. The van der Waals surface area contributed by atoms with Crippen molar-refractivity contribution in [3.05, 3.63) is 58.9 Å². The van der Waals surface area contributed by atoms with Crippen molar-refractivity contribution in [2.24, 2.45) is 5.92 Å². The zero-order chi connectivity index (χ0) is 26.9. The van der Waals surface area contributed by atoms with Gasteiger partial charge in [-0.15, -0.1) is 0 Å². The number of likely N-dealkylation sites (tertiary alicyclic amines) is 1. The standard InChI is InChI=1S/C30H43FN6O/c1-21-19-36(30(4)10-14-35(15-11-30)29(38)27-22(2)33-20-34-23(27)3)16-17-37(21)28(24-8-12-32-13-9-24)25-6-5-7-26(31)18-25/h5-7,18,20-21,24,28,32H,8-17,19H2,1-4H3/t21-,28+/m0/s1. The van der Waals surface area contributed by atoms with Gasteiger partial charge in [0.1, 0.15) is 12.1 Å². The number of rotatable bonds is 5. The molecule has 2 atom stereocenters. The third kappa shape index (κ3) is 5.49. The molecule has 4 heterocycles. The number of hydrogen-bond acceptors (Lipinski definition) is 6. The van der Waals surface area contributed by atoms with Gasteiger partial charge in [-0.05, 0) is 90.1 Å². The van der Waals surface area contributed by atoms with Crippen molar-refractivity contribution in [1.82, 2.24) is 30.0 Å². The lowest BCUT2D eigenvalue weighted by atomic mass is 9.82. The number of aryl methyl sites for hydroxylation is 2. The van der Waals surface area contributed by atoms with E-state index < -0.39 is 0 Å². The van der Waals surface area contributed by atoms with Gasteiger partial charge in [0.15, 0.2) is 0 Å². The number of piperidine rings is 2. The molecule has 206 valence electrons. The van der Waals surface area contributed by atoms with Crippen LogP contribution in [0, 0.1) is 25.6 Å². The molecule has 0 saturated carbocycles. The second-order valence-corrected chi connectivity index (χ2v) is 11.8. The van der Waals surface area contributed by atoms with Crippen LogP contribution < -0.4 is 5.32 Å². The van der Waals surface area contributed by atoms with Gasteiger partial charge in [-0.25, -0.2) is 14.4 Å². The third-order valence-corrected chi connectivity index (χ3v) is 9.39. The van der Waals surface area contributed by atoms with E-state index in [4.69, 9.17) is 0 Å². The molecule has 3 aliphatic heterocycles. The minimum Gasteiger partial charge on any atom is -0.338 e. The SMILES string of the molecule is Cc1ncnc(C)c1C(=O)N1CCC(C)(N2CCN([C@@H](c3cccc(F)c3)C3CCNCC3)[C@@H](C)C2)CC1. The summed E-state index contributed by atoms with van der Waals surface area (Å²) in [5, 5.41) is 3.49. The highest BCUT2D eigenvalue weighted by Gasteiger charge is 2.42. The Bertz CT molecular complexity index is 1110. The summed E-state index contributed by atoms with van der Waals surface area (Å²) >= 11 is 0. The average Bonchev–Trinajstić information content (AvgIpc) is 2.91. The molecule has 5 rings (SSSR count). The monoisotopic (exact) mass is 522 g/mol. The van der Waals surface area contributed by atoms with Crippen LogP contribution in [0.4, 0.5) is 4.39 Å². The first-order chi connectivity index (χ1) is 18.3. The van der Waals surface area contributed by atoms with Crippen LogP contribution in [0.25, 0.3) is 0 Å². The zero-order valence-electron chi connectivity index (χ0n) is 23.4. The number of aromatic nitrogens is 2. The maximum Gasteiger partial charge on any atom is 0.257 e. The molecule has 0 unspecified atom stereocenters. The van der Waals surface area contributed by atoms with Crippen molar-refractivity contribution in [3.8, 4) is 0 Å². The largest absolute Gasteiger partial charge is 0.338 e. The fourth-order valence-electron chi connectivity index (χ4n) is 7.03. The number of piperazine rings is 1. The molecule has 0 spiro atoms. The Hall–Kier alpha value is -2.42. The van der Waals surface area contributed by atoms with E-state index in [0.717, 1.165) is 88.4 Å². The molecule has 0 radical (unpaired) electrons. The second-order valence-electron chi connectivity index (χ2n) is 11.8. The summed E-state index contributed by atoms with van der Waals surface area (Å²) in [5.41, 5.74) is 3.34. The third-order valence-electron chi connectivity index (χ3n) is 9.39. The molecule has 1 N–H and O–H groups in total. The van der Waals surface area contributed by atoms with Gasteiger partial charge in [0, 0.05) is 50.3 Å². The fourth-order valence-corrected chi connectivity index (χ4v) is 7.03. The summed E-state index contributed by atoms with van der Waals surface area (Å²) in [6.45, 7) is 15.0. The first-order valence-electron chi connectivity index (χ1n) is 14.3. The molecule has 7 nitrogen and oxygen atoms in total. The number of benzene rings is 1. The number of carbonyl (C=O) groups is 1. The number of carbonyl (C=O) groups excluding carboxylic acids is 1. The number of nitrogens with one attached hydrogen (secondary N) is 1. The Labute approximate surface area is 226 Å². The summed E-state index contributed by atoms with van der Waals surface area (Å²) in [7, 11) is 0. The summed E-state index contributed by atoms with van der Waals surface area (Å²) in [6, 6.07) is 7.90. The predicted molar refractivity (Wildman–Crippen MR) is 148 cm³/mol. The highest BCUT2D eigenvalue weighted by atomic mass is 19.1. The van der Waals surface area contributed by atoms with Crippen molar-refractivity contribution in [1.29, 1.82) is 0 Å². The minimum atomic E-state index is -0.144. The molecule has 1 amide bonds. The van der Waals surface area contributed by atoms with Crippen LogP contribution in [-0.4, -0.2) is 88.0 Å². The van der Waals surface area contributed by atoms with E-state index in [1.165, 1.54) is 6.33 Å². The van der Waals surface area contributed by atoms with Crippen molar-refractivity contribution >= 4 is 5.91 Å². The topological polar surface area (TPSA) is 64.6 Å². The average molecular weight is 523 g/mol. The van der Waals surface area contributed by atoms with Crippen molar-refractivity contribution in [2.75, 3.05) is 45.8 Å². The van der Waals surface area contributed by atoms with Gasteiger partial charge in [0.2, 0.25) is 0 Å². The molecular formula is C30H43FN6O. The molecule has 0 bridgehead atoms. The number of hydrogen-bond donors (Lipinski definition) is 1. The van der Waals surface area contributed by atoms with Gasteiger partial charge in [0.05, 0.1) is 17.0 Å². The van der Waals surface area contributed by atoms with Crippen molar-refractivity contribution in [2.45, 2.75) is 71.0 Å². The first kappa shape index (κ1) is 27.2. The fraction of sp³-hybridized carbons (Fsp3) is 0.633. The number of nitrogens with zero attached hydrogens (tertiary/aromatic N) is 5. The van der Waals surface area contributed by atoms with Crippen LogP contribution in [0.2, 0.25) is 0 Å². The minimum absolute atomic E-state index is 0.0562. The lowest BCUT2D eigenvalue weighted by Crippen LogP contribution is -2.62. The molecule has 3 saturated heterocycles. The Morgan fingerprint density at radius 1 is 1.08 bits per heavy atom. The van der Waals surface area contributed by atoms with Crippen LogP contribution in [-0.2, 0) is 0 Å². The Balaban J connectivity index is 1.26. The maximum atomic E-state index is 14.3. The molecule has 3 aliphatic rings. The van der Waals surface area contributed by atoms with E-state index in [1.807, 2.05) is 24.8 Å². The maximum absolute atomic E-state index is 14.3. The highest BCUT2D eigenvalue weighted by Crippen LogP contribution is 2.39. The number of halogens is 1. The zero-order valence-corrected chi connectivity index (χ0v) is 23.4. The Kier molecular flexibility index (Phi) is 8.12. The van der Waals surface area contributed by atoms with E-state index in [1.54, 1.807) is 12.1 Å². The van der Waals surface area contributed by atoms with Crippen LogP contribution >= 0.6 is 0 Å². The van der Waals surface area contributed by atoms with Crippen LogP contribution in [0.15, 0.2) is 30.6 Å². The number of amides is 1. The van der Waals surface area contributed by atoms with Gasteiger partial charge in [-0.3, -0.25) is 14.6 Å². The van der Waals surface area contributed by atoms with Gasteiger partial charge < -0.3 is 10.2 Å². The predicted octanol–water partition coefficient (Wildman–Crippen LogP) is 3.97. The highest BCUT2D eigenvalue weighted by molar-refractivity contribution is 5.96. The smallest absolute Gasteiger partial charge is 0.257 e. The van der Waals surface area contributed by atoms with E-state index in [0.29, 0.717) is 17.5 Å². The van der Waals surface area contributed by atoms with Crippen molar-refractivity contribution in [3.63, 3.8) is 0 Å². The Morgan fingerprint density at radius 3 is 2.39 bits per heavy atom. The van der Waals surface area contributed by atoms with Crippen LogP contribution in [0.3, 0.4) is 0 Å². The van der Waals surface area contributed by atoms with Crippen LogP contribution in [0.1, 0.15) is 72.9 Å². The molecular weight excluding hydrogens is 479 g/mol.